The molecular weight excluding hydrogens is 460 g/mol. The van der Waals surface area contributed by atoms with E-state index in [4.69, 9.17) is 9.47 Å². The van der Waals surface area contributed by atoms with Gasteiger partial charge in [-0.15, -0.1) is 0 Å². The average molecular weight is 487 g/mol. The number of rotatable bonds is 4. The van der Waals surface area contributed by atoms with Crippen LogP contribution in [0.3, 0.4) is 0 Å². The molecule has 0 saturated carbocycles. The summed E-state index contributed by atoms with van der Waals surface area (Å²) in [5.41, 5.74) is 4.43. The van der Waals surface area contributed by atoms with Gasteiger partial charge in [0.1, 0.15) is 17.7 Å². The van der Waals surface area contributed by atoms with Crippen molar-refractivity contribution in [3.8, 4) is 5.75 Å². The molecule has 184 valence electrons. The molecule has 3 aliphatic rings. The van der Waals surface area contributed by atoms with Crippen LogP contribution >= 0.6 is 0 Å². The normalized spacial score (nSPS) is 21.1. The van der Waals surface area contributed by atoms with Crippen LogP contribution in [0.4, 0.5) is 33.6 Å². The summed E-state index contributed by atoms with van der Waals surface area (Å²) >= 11 is 0. The third-order valence-electron chi connectivity index (χ3n) is 6.80. The highest BCUT2D eigenvalue weighted by Gasteiger charge is 2.42. The number of amides is 2. The van der Waals surface area contributed by atoms with E-state index in [1.807, 2.05) is 43.3 Å². The number of anilines is 5. The van der Waals surface area contributed by atoms with E-state index in [9.17, 15) is 9.59 Å². The summed E-state index contributed by atoms with van der Waals surface area (Å²) in [5.74, 6) is 1.61. The molecule has 2 atom stereocenters. The predicted molar refractivity (Wildman–Crippen MR) is 134 cm³/mol. The van der Waals surface area contributed by atoms with Crippen LogP contribution in [-0.2, 0) is 16.0 Å². The fourth-order valence-corrected chi connectivity index (χ4v) is 4.93. The quantitative estimate of drug-likeness (QED) is 0.504. The summed E-state index contributed by atoms with van der Waals surface area (Å²) in [4.78, 5) is 34.9. The van der Waals surface area contributed by atoms with E-state index in [1.165, 1.54) is 0 Å². The number of aromatic nitrogens is 2. The Morgan fingerprint density at radius 1 is 1.11 bits per heavy atom. The largest absolute Gasteiger partial charge is 0.476 e. The molecule has 1 aromatic heterocycles. The zero-order valence-electron chi connectivity index (χ0n) is 20.4. The Hall–Kier alpha value is -4.34. The molecule has 3 aromatic rings. The Kier molecular flexibility index (Phi) is 4.82. The third kappa shape index (κ3) is 3.65. The van der Waals surface area contributed by atoms with Crippen molar-refractivity contribution in [3.63, 3.8) is 0 Å². The third-order valence-corrected chi connectivity index (χ3v) is 6.80. The molecule has 3 N–H and O–H groups in total. The Bertz CT molecular complexity index is 1420. The molecule has 0 bridgehead atoms. The molecule has 1 saturated heterocycles. The molecule has 10 nitrogen and oxygen atoms in total. The molecule has 0 spiro atoms. The van der Waals surface area contributed by atoms with Crippen molar-refractivity contribution >= 4 is 40.8 Å². The van der Waals surface area contributed by atoms with Crippen LogP contribution in [0.15, 0.2) is 42.6 Å². The number of hydrogen-bond acceptors (Lipinski definition) is 8. The number of benzene rings is 2. The van der Waals surface area contributed by atoms with Crippen molar-refractivity contribution in [2.45, 2.75) is 44.9 Å². The Balaban J connectivity index is 1.23. The van der Waals surface area contributed by atoms with E-state index < -0.39 is 5.60 Å². The lowest BCUT2D eigenvalue weighted by atomic mass is 10.0. The molecule has 1 aliphatic carbocycles. The van der Waals surface area contributed by atoms with Gasteiger partial charge in [-0.25, -0.2) is 9.78 Å². The second-order valence-corrected chi connectivity index (χ2v) is 9.82. The summed E-state index contributed by atoms with van der Waals surface area (Å²) in [6.07, 6.45) is 1.92. The molecule has 1 fully saturated rings. The van der Waals surface area contributed by atoms with Gasteiger partial charge in [0, 0.05) is 36.6 Å². The Morgan fingerprint density at radius 2 is 1.89 bits per heavy atom. The van der Waals surface area contributed by atoms with Gasteiger partial charge in [-0.3, -0.25) is 4.79 Å². The maximum Gasteiger partial charge on any atom is 0.408 e. The van der Waals surface area contributed by atoms with Gasteiger partial charge in [-0.1, -0.05) is 6.07 Å². The number of hydrogen-bond donors (Lipinski definition) is 3. The van der Waals surface area contributed by atoms with E-state index in [0.29, 0.717) is 29.6 Å². The van der Waals surface area contributed by atoms with Crippen molar-refractivity contribution in [1.82, 2.24) is 15.3 Å². The second kappa shape index (κ2) is 7.84. The zero-order chi connectivity index (χ0) is 25.2. The van der Waals surface area contributed by atoms with Crippen LogP contribution in [-0.4, -0.2) is 40.7 Å². The van der Waals surface area contributed by atoms with E-state index in [2.05, 4.69) is 25.9 Å². The van der Waals surface area contributed by atoms with Gasteiger partial charge in [-0.2, -0.15) is 4.98 Å². The first-order chi connectivity index (χ1) is 17.2. The van der Waals surface area contributed by atoms with E-state index in [1.54, 1.807) is 32.0 Å². The number of carbonyl (C=O) groups excluding carboxylic acids is 2. The molecule has 6 rings (SSSR count). The monoisotopic (exact) mass is 486 g/mol. The van der Waals surface area contributed by atoms with E-state index >= 15 is 0 Å². The lowest BCUT2D eigenvalue weighted by Crippen LogP contribution is -2.50. The number of fused-ring (bicyclic) bond motifs is 4. The molecular formula is C26H26N6O4. The number of nitrogens with zero attached hydrogens (tertiary/aromatic N) is 3. The maximum absolute atomic E-state index is 12.6. The highest BCUT2D eigenvalue weighted by molar-refractivity contribution is 6.02. The standard InChI is InChI=1S/C26H26N6O4/c1-13-12-27-24(29-15-6-5-14-9-20-21(17(14)10-15)30-25(34)35-20)31-22(13)28-16-7-8-19-18(11-16)32(4)23(33)26(2,3)36-19/h5-8,10-12,20-21H,9H2,1-4H3,(H,30,34)(H2,27,28,29,31)/t20-,21+/m1/s1. The number of nitrogens with one attached hydrogen (secondary N) is 3. The first-order valence-electron chi connectivity index (χ1n) is 11.8. The molecule has 2 aromatic carbocycles. The van der Waals surface area contributed by atoms with Gasteiger partial charge < -0.3 is 30.3 Å². The molecule has 10 heteroatoms. The van der Waals surface area contributed by atoms with Crippen LogP contribution in [0.2, 0.25) is 0 Å². The summed E-state index contributed by atoms with van der Waals surface area (Å²) in [5, 5.41) is 9.47. The maximum atomic E-state index is 12.6. The molecule has 2 amide bonds. The first kappa shape index (κ1) is 22.1. The van der Waals surface area contributed by atoms with Crippen LogP contribution < -0.4 is 25.6 Å². The zero-order valence-corrected chi connectivity index (χ0v) is 20.4. The molecule has 0 radical (unpaired) electrons. The fraction of sp³-hybridized carbons (Fsp3) is 0.308. The highest BCUT2D eigenvalue weighted by atomic mass is 16.6. The van der Waals surface area contributed by atoms with E-state index in [-0.39, 0.29) is 24.1 Å². The Morgan fingerprint density at radius 3 is 2.72 bits per heavy atom. The van der Waals surface area contributed by atoms with Gasteiger partial charge >= 0.3 is 6.09 Å². The second-order valence-electron chi connectivity index (χ2n) is 9.82. The summed E-state index contributed by atoms with van der Waals surface area (Å²) < 4.78 is 11.2. The number of ether oxygens (including phenoxy) is 2. The minimum Gasteiger partial charge on any atom is -0.476 e. The molecule has 0 unspecified atom stereocenters. The SMILES string of the molecule is Cc1cnc(Nc2ccc3c(c2)[C@@H]2NC(=O)O[C@@H]2C3)nc1Nc1ccc2c(c1)N(C)C(=O)C(C)(C)O2. The van der Waals surface area contributed by atoms with Gasteiger partial charge in [-0.05, 0) is 62.2 Å². The first-order valence-corrected chi connectivity index (χ1v) is 11.8. The van der Waals surface area contributed by atoms with Crippen molar-refractivity contribution < 1.29 is 19.1 Å². The number of alkyl carbamates (subject to hydrolysis) is 1. The highest BCUT2D eigenvalue weighted by Crippen LogP contribution is 2.40. The van der Waals surface area contributed by atoms with Gasteiger partial charge in [0.25, 0.3) is 5.91 Å². The van der Waals surface area contributed by atoms with Crippen molar-refractivity contribution in [2.75, 3.05) is 22.6 Å². The fourth-order valence-electron chi connectivity index (χ4n) is 4.93. The average Bonchev–Trinajstić information content (AvgIpc) is 3.36. The molecule has 3 heterocycles. The van der Waals surface area contributed by atoms with Crippen molar-refractivity contribution in [3.05, 3.63) is 59.3 Å². The van der Waals surface area contributed by atoms with Gasteiger partial charge in [0.15, 0.2) is 5.60 Å². The lowest BCUT2D eigenvalue weighted by molar-refractivity contribution is -0.132. The van der Waals surface area contributed by atoms with Crippen molar-refractivity contribution in [1.29, 1.82) is 0 Å². The van der Waals surface area contributed by atoms with Gasteiger partial charge in [0.2, 0.25) is 5.95 Å². The van der Waals surface area contributed by atoms with E-state index in [0.717, 1.165) is 28.1 Å². The smallest absolute Gasteiger partial charge is 0.408 e. The summed E-state index contributed by atoms with van der Waals surface area (Å²) in [6, 6.07) is 11.5. The minimum atomic E-state index is -0.907. The molecule has 36 heavy (non-hydrogen) atoms. The Labute approximate surface area is 208 Å². The van der Waals surface area contributed by atoms with Gasteiger partial charge in [0.05, 0.1) is 11.7 Å². The summed E-state index contributed by atoms with van der Waals surface area (Å²) in [7, 11) is 1.75. The van der Waals surface area contributed by atoms with Crippen molar-refractivity contribution in [2.24, 2.45) is 0 Å². The number of likely N-dealkylation sites (N-methyl/N-ethyl adjacent to an activating group) is 1. The van der Waals surface area contributed by atoms with Crippen LogP contribution in [0.25, 0.3) is 0 Å². The van der Waals surface area contributed by atoms with Crippen LogP contribution in [0, 0.1) is 6.92 Å². The van der Waals surface area contributed by atoms with Crippen LogP contribution in [0.1, 0.15) is 36.6 Å². The summed E-state index contributed by atoms with van der Waals surface area (Å²) in [6.45, 7) is 5.44. The number of aryl methyl sites for hydroxylation is 1. The predicted octanol–water partition coefficient (Wildman–Crippen LogP) is 4.11. The number of carbonyl (C=O) groups is 2. The topological polar surface area (TPSA) is 118 Å². The molecule has 2 aliphatic heterocycles. The lowest BCUT2D eigenvalue weighted by Gasteiger charge is -2.37. The van der Waals surface area contributed by atoms with Crippen LogP contribution in [0.5, 0.6) is 5.75 Å². The minimum absolute atomic E-state index is 0.110.